The lowest BCUT2D eigenvalue weighted by atomic mass is 9.82. The van der Waals surface area contributed by atoms with E-state index in [1.54, 1.807) is 12.1 Å². The highest BCUT2D eigenvalue weighted by molar-refractivity contribution is 5.92. The van der Waals surface area contributed by atoms with Crippen LogP contribution in [0.1, 0.15) is 29.5 Å². The van der Waals surface area contributed by atoms with Crippen LogP contribution in [0.3, 0.4) is 0 Å². The van der Waals surface area contributed by atoms with Gasteiger partial charge in [-0.05, 0) is 23.6 Å². The zero-order valence-electron chi connectivity index (χ0n) is 13.6. The number of phenolic OH excluding ortho intramolecular Hbond substituents is 1. The van der Waals surface area contributed by atoms with Crippen molar-refractivity contribution in [3.63, 3.8) is 0 Å². The third-order valence-electron chi connectivity index (χ3n) is 4.21. The van der Waals surface area contributed by atoms with Crippen molar-refractivity contribution in [1.82, 2.24) is 0 Å². The predicted molar refractivity (Wildman–Crippen MR) is 89.6 cm³/mol. The number of fused-ring (bicyclic) bond motifs is 1. The normalized spacial score (nSPS) is 16.3. The van der Waals surface area contributed by atoms with E-state index < -0.39 is 11.9 Å². The molecule has 0 saturated heterocycles. The van der Waals surface area contributed by atoms with Crippen molar-refractivity contribution in [3.8, 4) is 11.5 Å². The molecule has 5 nitrogen and oxygen atoms in total. The molecule has 3 N–H and O–H groups in total. The number of rotatable bonds is 3. The first-order chi connectivity index (χ1) is 11.5. The first-order valence-electron chi connectivity index (χ1n) is 7.72. The van der Waals surface area contributed by atoms with Crippen LogP contribution >= 0.6 is 0 Å². The van der Waals surface area contributed by atoms with Crippen molar-refractivity contribution in [2.75, 3.05) is 7.11 Å². The van der Waals surface area contributed by atoms with E-state index in [1.807, 2.05) is 24.3 Å². The number of nitrogens with two attached hydrogens (primary N) is 1. The molecule has 24 heavy (non-hydrogen) atoms. The highest BCUT2D eigenvalue weighted by Crippen LogP contribution is 2.43. The molecule has 3 rings (SSSR count). The van der Waals surface area contributed by atoms with Crippen LogP contribution in [0.15, 0.2) is 53.9 Å². The van der Waals surface area contributed by atoms with E-state index in [0.717, 1.165) is 17.5 Å². The number of carbonyl (C=O) groups is 1. The topological polar surface area (TPSA) is 81.8 Å². The number of benzene rings is 2. The summed E-state index contributed by atoms with van der Waals surface area (Å²) >= 11 is 0. The highest BCUT2D eigenvalue weighted by atomic mass is 16.5. The molecule has 1 heterocycles. The second-order valence-corrected chi connectivity index (χ2v) is 5.62. The third kappa shape index (κ3) is 2.69. The molecule has 1 atom stereocenters. The standard InChI is InChI=1S/C19H19NO4/c1-3-11-4-6-12(7-5-11)16-14-9-8-13(21)10-15(14)24-18(20)17(16)19(22)23-2/h4-10,16,21H,3,20H2,1-2H3. The number of hydrogen-bond acceptors (Lipinski definition) is 5. The third-order valence-corrected chi connectivity index (χ3v) is 4.21. The maximum Gasteiger partial charge on any atom is 0.340 e. The van der Waals surface area contributed by atoms with E-state index in [1.165, 1.54) is 18.7 Å². The number of carbonyl (C=O) groups excluding carboxylic acids is 1. The van der Waals surface area contributed by atoms with Gasteiger partial charge in [-0.25, -0.2) is 4.79 Å². The van der Waals surface area contributed by atoms with Crippen molar-refractivity contribution in [2.45, 2.75) is 19.3 Å². The summed E-state index contributed by atoms with van der Waals surface area (Å²) in [6, 6.07) is 12.8. The molecule has 1 aliphatic rings. The molecular formula is C19H19NO4. The van der Waals surface area contributed by atoms with Crippen LogP contribution in [0, 0.1) is 0 Å². The monoisotopic (exact) mass is 325 g/mol. The fourth-order valence-corrected chi connectivity index (χ4v) is 2.94. The van der Waals surface area contributed by atoms with E-state index >= 15 is 0 Å². The van der Waals surface area contributed by atoms with Gasteiger partial charge in [0.15, 0.2) is 0 Å². The molecule has 2 aromatic carbocycles. The molecule has 0 saturated carbocycles. The fourth-order valence-electron chi connectivity index (χ4n) is 2.94. The molecule has 2 aromatic rings. The van der Waals surface area contributed by atoms with Gasteiger partial charge in [-0.1, -0.05) is 37.3 Å². The van der Waals surface area contributed by atoms with Gasteiger partial charge in [0.1, 0.15) is 17.1 Å². The molecule has 0 spiro atoms. The van der Waals surface area contributed by atoms with Crippen molar-refractivity contribution in [2.24, 2.45) is 5.73 Å². The van der Waals surface area contributed by atoms with E-state index in [0.29, 0.717) is 5.75 Å². The Hall–Kier alpha value is -2.95. The number of aryl methyl sites for hydroxylation is 1. The van der Waals surface area contributed by atoms with Crippen molar-refractivity contribution >= 4 is 5.97 Å². The van der Waals surface area contributed by atoms with E-state index in [9.17, 15) is 9.90 Å². The molecule has 1 aliphatic heterocycles. The average molecular weight is 325 g/mol. The lowest BCUT2D eigenvalue weighted by Gasteiger charge is -2.28. The summed E-state index contributed by atoms with van der Waals surface area (Å²) in [6.07, 6.45) is 0.931. The first-order valence-corrected chi connectivity index (χ1v) is 7.72. The number of phenols is 1. The predicted octanol–water partition coefficient (Wildman–Crippen LogP) is 2.82. The summed E-state index contributed by atoms with van der Waals surface area (Å²) in [7, 11) is 1.31. The van der Waals surface area contributed by atoms with Crippen LogP contribution in [0.25, 0.3) is 0 Å². The summed E-state index contributed by atoms with van der Waals surface area (Å²) < 4.78 is 10.4. The highest BCUT2D eigenvalue weighted by Gasteiger charge is 2.35. The molecule has 0 amide bonds. The van der Waals surface area contributed by atoms with Gasteiger partial charge in [-0.15, -0.1) is 0 Å². The minimum absolute atomic E-state index is 0.00971. The molecule has 1 unspecified atom stereocenters. The van der Waals surface area contributed by atoms with E-state index in [4.69, 9.17) is 15.2 Å². The van der Waals surface area contributed by atoms with Gasteiger partial charge < -0.3 is 20.3 Å². The van der Waals surface area contributed by atoms with Gasteiger partial charge in [0, 0.05) is 11.6 Å². The van der Waals surface area contributed by atoms with Crippen molar-refractivity contribution in [1.29, 1.82) is 0 Å². The molecule has 5 heteroatoms. The second kappa shape index (κ2) is 6.28. The van der Waals surface area contributed by atoms with Gasteiger partial charge in [0.25, 0.3) is 0 Å². The van der Waals surface area contributed by atoms with Crippen LogP contribution in [0.4, 0.5) is 0 Å². The Kier molecular flexibility index (Phi) is 4.16. The van der Waals surface area contributed by atoms with Gasteiger partial charge in [0.2, 0.25) is 5.88 Å². The summed E-state index contributed by atoms with van der Waals surface area (Å²) in [5, 5.41) is 9.69. The first kappa shape index (κ1) is 15.9. The van der Waals surface area contributed by atoms with Crippen molar-refractivity contribution in [3.05, 3.63) is 70.6 Å². The molecule has 0 fully saturated rings. The summed E-state index contributed by atoms with van der Waals surface area (Å²) in [4.78, 5) is 12.3. The molecular weight excluding hydrogens is 306 g/mol. The van der Waals surface area contributed by atoms with E-state index in [-0.39, 0.29) is 17.2 Å². The Labute approximate surface area is 140 Å². The van der Waals surface area contributed by atoms with Gasteiger partial charge >= 0.3 is 5.97 Å². The summed E-state index contributed by atoms with van der Waals surface area (Å²) in [6.45, 7) is 2.08. The number of esters is 1. The molecule has 0 aromatic heterocycles. The largest absolute Gasteiger partial charge is 0.508 e. The summed E-state index contributed by atoms with van der Waals surface area (Å²) in [5.41, 5.74) is 9.11. The van der Waals surface area contributed by atoms with E-state index in [2.05, 4.69) is 6.92 Å². The Balaban J connectivity index is 2.18. The average Bonchev–Trinajstić information content (AvgIpc) is 2.60. The van der Waals surface area contributed by atoms with Gasteiger partial charge in [-0.3, -0.25) is 0 Å². The number of aromatic hydroxyl groups is 1. The van der Waals surface area contributed by atoms with Crippen LogP contribution in [0.5, 0.6) is 11.5 Å². The zero-order valence-corrected chi connectivity index (χ0v) is 13.6. The molecule has 0 bridgehead atoms. The minimum Gasteiger partial charge on any atom is -0.508 e. The molecule has 124 valence electrons. The molecule has 0 radical (unpaired) electrons. The lowest BCUT2D eigenvalue weighted by molar-refractivity contribution is -0.136. The lowest BCUT2D eigenvalue weighted by Crippen LogP contribution is -2.26. The Morgan fingerprint density at radius 2 is 1.96 bits per heavy atom. The number of hydrogen-bond donors (Lipinski definition) is 2. The second-order valence-electron chi connectivity index (χ2n) is 5.62. The van der Waals surface area contributed by atoms with Gasteiger partial charge in [-0.2, -0.15) is 0 Å². The number of ether oxygens (including phenoxy) is 2. The quantitative estimate of drug-likeness (QED) is 0.848. The van der Waals surface area contributed by atoms with Crippen LogP contribution in [-0.2, 0) is 16.0 Å². The van der Waals surface area contributed by atoms with Gasteiger partial charge in [0.05, 0.1) is 13.0 Å². The Morgan fingerprint density at radius 1 is 1.25 bits per heavy atom. The number of methoxy groups -OCH3 is 1. The maximum atomic E-state index is 12.3. The minimum atomic E-state index is -0.532. The van der Waals surface area contributed by atoms with Crippen LogP contribution in [0.2, 0.25) is 0 Å². The maximum absolute atomic E-state index is 12.3. The van der Waals surface area contributed by atoms with Crippen LogP contribution in [-0.4, -0.2) is 18.2 Å². The smallest absolute Gasteiger partial charge is 0.340 e. The fraction of sp³-hybridized carbons (Fsp3) is 0.211. The Morgan fingerprint density at radius 3 is 2.58 bits per heavy atom. The SMILES string of the molecule is CCc1ccc(C2C(C(=O)OC)=C(N)Oc3cc(O)ccc32)cc1. The zero-order chi connectivity index (χ0) is 17.3. The van der Waals surface area contributed by atoms with Crippen molar-refractivity contribution < 1.29 is 19.4 Å². The molecule has 0 aliphatic carbocycles. The summed E-state index contributed by atoms with van der Waals surface area (Å²) in [5.74, 6) is -0.444. The Bertz CT molecular complexity index is 809. The van der Waals surface area contributed by atoms with Crippen LogP contribution < -0.4 is 10.5 Å².